The van der Waals surface area contributed by atoms with Crippen molar-refractivity contribution in [3.05, 3.63) is 74.9 Å². The lowest BCUT2D eigenvalue weighted by molar-refractivity contribution is -0.113. The van der Waals surface area contributed by atoms with Gasteiger partial charge < -0.3 is 16.0 Å². The maximum Gasteiger partial charge on any atom is 0.255 e. The normalized spacial score (nSPS) is 16.9. The van der Waals surface area contributed by atoms with Crippen LogP contribution in [0.5, 0.6) is 0 Å². The van der Waals surface area contributed by atoms with Crippen molar-refractivity contribution in [3.63, 3.8) is 0 Å². The Morgan fingerprint density at radius 2 is 1.96 bits per heavy atom. The second kappa shape index (κ2) is 7.56. The number of carbonyl (C=O) groups is 1. The summed E-state index contributed by atoms with van der Waals surface area (Å²) in [5.74, 6) is -0.202. The number of allylic oxidation sites excluding steroid dienone is 1. The molecule has 1 unspecified atom stereocenters. The molecule has 128 valence electrons. The molecule has 2 aromatic rings. The van der Waals surface area contributed by atoms with Crippen LogP contribution >= 0.6 is 39.7 Å². The fraction of sp³-hybridized carbons (Fsp3) is 0.111. The molecule has 0 aromatic heterocycles. The molecule has 1 aliphatic heterocycles. The average molecular weight is 437 g/mol. The third kappa shape index (κ3) is 4.21. The Morgan fingerprint density at radius 1 is 1.24 bits per heavy atom. The second-order valence-electron chi connectivity index (χ2n) is 5.59. The largest absolute Gasteiger partial charge is 0.351 e. The van der Waals surface area contributed by atoms with Crippen molar-refractivity contribution in [3.8, 4) is 0 Å². The second-order valence-corrected chi connectivity index (χ2v) is 7.35. The van der Waals surface area contributed by atoms with Crippen LogP contribution in [0.25, 0.3) is 0 Å². The zero-order chi connectivity index (χ0) is 18.0. The van der Waals surface area contributed by atoms with Crippen LogP contribution in [0.15, 0.2) is 64.3 Å². The molecule has 1 aliphatic rings. The first-order chi connectivity index (χ1) is 11.9. The minimum atomic E-state index is -0.335. The third-order valence-corrected chi connectivity index (χ3v) is 4.76. The lowest BCUT2D eigenvalue weighted by atomic mass is 9.95. The minimum Gasteiger partial charge on any atom is -0.351 e. The number of hydrogen-bond acceptors (Lipinski definition) is 2. The fourth-order valence-electron chi connectivity index (χ4n) is 2.66. The summed E-state index contributed by atoms with van der Waals surface area (Å²) in [5.41, 5.74) is 2.93. The fourth-order valence-corrected chi connectivity index (χ4v) is 3.48. The van der Waals surface area contributed by atoms with Crippen molar-refractivity contribution in [1.82, 2.24) is 10.6 Å². The quantitative estimate of drug-likeness (QED) is 0.619. The topological polar surface area (TPSA) is 53.2 Å². The molecule has 0 saturated heterocycles. The summed E-state index contributed by atoms with van der Waals surface area (Å²) in [6, 6.07) is 14.4. The van der Waals surface area contributed by atoms with Crippen LogP contribution in [0.1, 0.15) is 18.5 Å². The first-order valence-corrected chi connectivity index (χ1v) is 9.12. The molecule has 25 heavy (non-hydrogen) atoms. The molecule has 0 aliphatic carbocycles. The van der Waals surface area contributed by atoms with Gasteiger partial charge in [0.2, 0.25) is 0 Å². The number of benzene rings is 2. The van der Waals surface area contributed by atoms with Gasteiger partial charge in [0.05, 0.1) is 11.6 Å². The molecule has 0 bridgehead atoms. The first-order valence-electron chi connectivity index (χ1n) is 7.54. The van der Waals surface area contributed by atoms with E-state index in [-0.39, 0.29) is 11.9 Å². The molecule has 1 heterocycles. The molecule has 0 spiro atoms. The Labute approximate surface area is 164 Å². The van der Waals surface area contributed by atoms with Crippen LogP contribution in [0.4, 0.5) is 5.69 Å². The highest BCUT2D eigenvalue weighted by Crippen LogP contribution is 2.29. The molecular weight excluding hydrogens is 422 g/mol. The standard InChI is InChI=1S/C18H15BrClN3OS/c1-10-15(17(24)22-14-7-5-13(20)6-8-14)16(23-18(25)21-10)11-3-2-4-12(19)9-11/h2-9,16H,1H3,(H,22,24)(H2,21,23,25). The number of anilines is 1. The highest BCUT2D eigenvalue weighted by Gasteiger charge is 2.30. The Bertz CT molecular complexity index is 867. The number of thiocarbonyl (C=S) groups is 1. The maximum absolute atomic E-state index is 12.9. The molecule has 1 atom stereocenters. The van der Waals surface area contributed by atoms with Crippen molar-refractivity contribution in [2.45, 2.75) is 13.0 Å². The van der Waals surface area contributed by atoms with Crippen LogP contribution in [-0.4, -0.2) is 11.0 Å². The van der Waals surface area contributed by atoms with Crippen LogP contribution in [-0.2, 0) is 4.79 Å². The first kappa shape index (κ1) is 17.9. The lowest BCUT2D eigenvalue weighted by Gasteiger charge is -2.30. The van der Waals surface area contributed by atoms with Crippen LogP contribution in [0, 0.1) is 0 Å². The molecule has 0 radical (unpaired) electrons. The summed E-state index contributed by atoms with van der Waals surface area (Å²) in [6.45, 7) is 1.84. The Hall–Kier alpha value is -1.89. The summed E-state index contributed by atoms with van der Waals surface area (Å²) >= 11 is 14.6. The molecule has 0 saturated carbocycles. The highest BCUT2D eigenvalue weighted by atomic mass is 79.9. The van der Waals surface area contributed by atoms with Gasteiger partial charge in [-0.15, -0.1) is 0 Å². The van der Waals surface area contributed by atoms with Gasteiger partial charge >= 0.3 is 0 Å². The summed E-state index contributed by atoms with van der Waals surface area (Å²) in [4.78, 5) is 12.9. The number of nitrogens with one attached hydrogen (secondary N) is 3. The van der Waals surface area contributed by atoms with Crippen molar-refractivity contribution < 1.29 is 4.79 Å². The van der Waals surface area contributed by atoms with Gasteiger partial charge in [-0.05, 0) is 61.1 Å². The van der Waals surface area contributed by atoms with Crippen molar-refractivity contribution in [2.24, 2.45) is 0 Å². The van der Waals surface area contributed by atoms with Gasteiger partial charge in [0, 0.05) is 20.9 Å². The van der Waals surface area contributed by atoms with Gasteiger partial charge in [0.15, 0.2) is 5.11 Å². The van der Waals surface area contributed by atoms with Crippen LogP contribution in [0.2, 0.25) is 5.02 Å². The van der Waals surface area contributed by atoms with Gasteiger partial charge in [0.25, 0.3) is 5.91 Å². The number of halogens is 2. The molecule has 3 N–H and O–H groups in total. The molecule has 1 amide bonds. The van der Waals surface area contributed by atoms with E-state index in [2.05, 4.69) is 31.9 Å². The monoisotopic (exact) mass is 435 g/mol. The van der Waals surface area contributed by atoms with Crippen LogP contribution in [0.3, 0.4) is 0 Å². The lowest BCUT2D eigenvalue weighted by Crippen LogP contribution is -2.45. The van der Waals surface area contributed by atoms with Gasteiger partial charge in [-0.2, -0.15) is 0 Å². The molecule has 2 aromatic carbocycles. The van der Waals surface area contributed by atoms with E-state index in [1.54, 1.807) is 24.3 Å². The Kier molecular flexibility index (Phi) is 5.42. The maximum atomic E-state index is 12.9. The van der Waals surface area contributed by atoms with E-state index in [9.17, 15) is 4.79 Å². The van der Waals surface area contributed by atoms with Crippen molar-refractivity contribution >= 4 is 56.5 Å². The van der Waals surface area contributed by atoms with E-state index < -0.39 is 0 Å². The summed E-state index contributed by atoms with van der Waals surface area (Å²) in [5, 5.41) is 10.2. The number of carbonyl (C=O) groups excluding carboxylic acids is 1. The number of hydrogen-bond donors (Lipinski definition) is 3. The van der Waals surface area contributed by atoms with E-state index in [4.69, 9.17) is 23.8 Å². The van der Waals surface area contributed by atoms with Gasteiger partial charge in [-0.25, -0.2) is 0 Å². The zero-order valence-electron chi connectivity index (χ0n) is 13.3. The van der Waals surface area contributed by atoms with Gasteiger partial charge in [-0.1, -0.05) is 39.7 Å². The van der Waals surface area contributed by atoms with Crippen LogP contribution < -0.4 is 16.0 Å². The third-order valence-electron chi connectivity index (χ3n) is 3.80. The molecule has 3 rings (SSSR count). The highest BCUT2D eigenvalue weighted by molar-refractivity contribution is 9.10. The average Bonchev–Trinajstić information content (AvgIpc) is 2.56. The molecule has 4 nitrogen and oxygen atoms in total. The molecule has 7 heteroatoms. The van der Waals surface area contributed by atoms with E-state index in [1.165, 1.54) is 0 Å². The summed E-state index contributed by atoms with van der Waals surface area (Å²) in [7, 11) is 0. The van der Waals surface area contributed by atoms with Gasteiger partial charge in [0.1, 0.15) is 0 Å². The van der Waals surface area contributed by atoms with Crippen molar-refractivity contribution in [1.29, 1.82) is 0 Å². The number of rotatable bonds is 3. The Morgan fingerprint density at radius 3 is 2.64 bits per heavy atom. The minimum absolute atomic E-state index is 0.202. The van der Waals surface area contributed by atoms with E-state index in [1.807, 2.05) is 31.2 Å². The van der Waals surface area contributed by atoms with E-state index in [0.717, 1.165) is 15.7 Å². The molecular formula is C18H15BrClN3OS. The smallest absolute Gasteiger partial charge is 0.255 e. The van der Waals surface area contributed by atoms with E-state index >= 15 is 0 Å². The van der Waals surface area contributed by atoms with Crippen molar-refractivity contribution in [2.75, 3.05) is 5.32 Å². The predicted octanol–water partition coefficient (Wildman–Crippen LogP) is 4.53. The van der Waals surface area contributed by atoms with Gasteiger partial charge in [-0.3, -0.25) is 4.79 Å². The zero-order valence-corrected chi connectivity index (χ0v) is 16.4. The van der Waals surface area contributed by atoms with E-state index in [0.29, 0.717) is 21.4 Å². The number of amides is 1. The molecule has 0 fully saturated rings. The predicted molar refractivity (Wildman–Crippen MR) is 109 cm³/mol. The SMILES string of the molecule is CC1=C(C(=O)Nc2ccc(Cl)cc2)C(c2cccc(Br)c2)NC(=S)N1. The Balaban J connectivity index is 1.94. The summed E-state index contributed by atoms with van der Waals surface area (Å²) in [6.07, 6.45) is 0. The summed E-state index contributed by atoms with van der Waals surface area (Å²) < 4.78 is 0.936.